The van der Waals surface area contributed by atoms with Crippen molar-refractivity contribution in [2.24, 2.45) is 0 Å². The normalized spacial score (nSPS) is 20.4. The summed E-state index contributed by atoms with van der Waals surface area (Å²) in [5.74, 6) is 0.984. The summed E-state index contributed by atoms with van der Waals surface area (Å²) in [5.41, 5.74) is 1.27. The Bertz CT molecular complexity index is 381. The van der Waals surface area contributed by atoms with E-state index in [1.54, 1.807) is 0 Å². The Morgan fingerprint density at radius 3 is 3.05 bits per heavy atom. The molecule has 1 atom stereocenters. The smallest absolute Gasteiger partial charge is 0.119 e. The van der Waals surface area contributed by atoms with E-state index in [4.69, 9.17) is 4.74 Å². The predicted molar refractivity (Wildman–Crippen MR) is 79.6 cm³/mol. The Hall–Kier alpha value is -1.06. The van der Waals surface area contributed by atoms with Crippen LogP contribution in [0.3, 0.4) is 0 Å². The molecule has 0 bridgehead atoms. The molecule has 1 saturated heterocycles. The van der Waals surface area contributed by atoms with Gasteiger partial charge in [0, 0.05) is 19.1 Å². The molecule has 0 aliphatic carbocycles. The fourth-order valence-corrected chi connectivity index (χ4v) is 2.72. The molecule has 0 radical (unpaired) electrons. The Kier molecular flexibility index (Phi) is 5.67. The Balaban J connectivity index is 1.77. The number of nitrogens with one attached hydrogen (secondary N) is 1. The molecule has 1 aromatic carbocycles. The van der Waals surface area contributed by atoms with Gasteiger partial charge in [0.2, 0.25) is 0 Å². The number of hydrogen-bond acceptors (Lipinski definition) is 3. The molecule has 0 saturated carbocycles. The van der Waals surface area contributed by atoms with Crippen molar-refractivity contribution in [3.8, 4) is 5.75 Å². The van der Waals surface area contributed by atoms with E-state index in [0.717, 1.165) is 25.4 Å². The molecule has 1 fully saturated rings. The van der Waals surface area contributed by atoms with Gasteiger partial charge in [0.15, 0.2) is 0 Å². The molecule has 19 heavy (non-hydrogen) atoms. The van der Waals surface area contributed by atoms with Crippen molar-refractivity contribution in [1.82, 2.24) is 10.2 Å². The minimum Gasteiger partial charge on any atom is -0.492 e. The molecule has 1 aliphatic rings. The van der Waals surface area contributed by atoms with Crippen molar-refractivity contribution in [2.75, 3.05) is 26.7 Å². The molecule has 1 aromatic rings. The van der Waals surface area contributed by atoms with Gasteiger partial charge < -0.3 is 10.1 Å². The second-order valence-corrected chi connectivity index (χ2v) is 5.41. The van der Waals surface area contributed by atoms with E-state index in [9.17, 15) is 0 Å². The van der Waals surface area contributed by atoms with Crippen molar-refractivity contribution in [2.45, 2.75) is 38.8 Å². The van der Waals surface area contributed by atoms with E-state index in [2.05, 4.69) is 35.3 Å². The van der Waals surface area contributed by atoms with Gasteiger partial charge in [-0.2, -0.15) is 0 Å². The van der Waals surface area contributed by atoms with E-state index in [1.807, 2.05) is 13.1 Å². The molecule has 0 aromatic heterocycles. The zero-order valence-corrected chi connectivity index (χ0v) is 12.2. The van der Waals surface area contributed by atoms with Crippen LogP contribution in [-0.2, 0) is 6.54 Å². The first-order valence-electron chi connectivity index (χ1n) is 7.40. The van der Waals surface area contributed by atoms with Crippen LogP contribution in [0.25, 0.3) is 0 Å². The lowest BCUT2D eigenvalue weighted by Gasteiger charge is -2.33. The van der Waals surface area contributed by atoms with E-state index in [0.29, 0.717) is 6.04 Å². The van der Waals surface area contributed by atoms with Crippen molar-refractivity contribution in [3.05, 3.63) is 29.8 Å². The topological polar surface area (TPSA) is 24.5 Å². The average Bonchev–Trinajstić information content (AvgIpc) is 2.42. The first-order chi connectivity index (χ1) is 9.29. The molecule has 1 aliphatic heterocycles. The molecule has 2 rings (SSSR count). The summed E-state index contributed by atoms with van der Waals surface area (Å²) in [5, 5.41) is 3.16. The van der Waals surface area contributed by atoms with Crippen LogP contribution in [0.15, 0.2) is 24.3 Å². The molecule has 1 heterocycles. The largest absolute Gasteiger partial charge is 0.492 e. The summed E-state index contributed by atoms with van der Waals surface area (Å²) in [4.78, 5) is 2.54. The quantitative estimate of drug-likeness (QED) is 0.853. The van der Waals surface area contributed by atoms with Crippen LogP contribution in [0.2, 0.25) is 0 Å². The number of likely N-dealkylation sites (tertiary alicyclic amines) is 1. The van der Waals surface area contributed by atoms with E-state index in [1.165, 1.54) is 31.4 Å². The van der Waals surface area contributed by atoms with Crippen molar-refractivity contribution >= 4 is 0 Å². The first-order valence-corrected chi connectivity index (χ1v) is 7.40. The lowest BCUT2D eigenvalue weighted by atomic mass is 10.0. The van der Waals surface area contributed by atoms with Crippen LogP contribution >= 0.6 is 0 Å². The van der Waals surface area contributed by atoms with E-state index >= 15 is 0 Å². The summed E-state index contributed by atoms with van der Waals surface area (Å²) >= 11 is 0. The van der Waals surface area contributed by atoms with Crippen molar-refractivity contribution in [3.63, 3.8) is 0 Å². The highest BCUT2D eigenvalue weighted by Crippen LogP contribution is 2.17. The maximum Gasteiger partial charge on any atom is 0.119 e. The first kappa shape index (κ1) is 14.4. The highest BCUT2D eigenvalue weighted by molar-refractivity contribution is 5.28. The monoisotopic (exact) mass is 262 g/mol. The second-order valence-electron chi connectivity index (χ2n) is 5.41. The van der Waals surface area contributed by atoms with Crippen molar-refractivity contribution in [1.29, 1.82) is 0 Å². The van der Waals surface area contributed by atoms with Gasteiger partial charge in [-0.1, -0.05) is 18.6 Å². The highest BCUT2D eigenvalue weighted by Gasteiger charge is 2.17. The zero-order chi connectivity index (χ0) is 13.5. The number of ether oxygens (including phenoxy) is 1. The summed E-state index contributed by atoms with van der Waals surface area (Å²) in [7, 11) is 1.96. The van der Waals surface area contributed by atoms with Gasteiger partial charge >= 0.3 is 0 Å². The number of benzene rings is 1. The van der Waals surface area contributed by atoms with Gasteiger partial charge in [-0.05, 0) is 51.1 Å². The number of hydrogen-bond donors (Lipinski definition) is 1. The molecule has 0 spiro atoms. The third-order valence-electron chi connectivity index (χ3n) is 3.87. The third kappa shape index (κ3) is 4.51. The minimum atomic E-state index is 0.716. The second kappa shape index (κ2) is 7.51. The van der Waals surface area contributed by atoms with Crippen LogP contribution in [0.1, 0.15) is 31.7 Å². The van der Waals surface area contributed by atoms with Crippen LogP contribution in [0.5, 0.6) is 5.75 Å². The Labute approximate surface area is 116 Å². The summed E-state index contributed by atoms with van der Waals surface area (Å²) in [6.07, 6.45) is 4.05. The number of nitrogens with zero attached hydrogens (tertiary/aromatic N) is 1. The van der Waals surface area contributed by atoms with Gasteiger partial charge in [-0.25, -0.2) is 0 Å². The fourth-order valence-electron chi connectivity index (χ4n) is 2.72. The van der Waals surface area contributed by atoms with Crippen molar-refractivity contribution < 1.29 is 4.74 Å². The maximum absolute atomic E-state index is 5.87. The predicted octanol–water partition coefficient (Wildman–Crippen LogP) is 2.66. The van der Waals surface area contributed by atoms with Crippen LogP contribution in [0.4, 0.5) is 0 Å². The molecule has 1 unspecified atom stereocenters. The lowest BCUT2D eigenvalue weighted by molar-refractivity contribution is 0.133. The van der Waals surface area contributed by atoms with E-state index in [-0.39, 0.29) is 0 Å². The van der Waals surface area contributed by atoms with Gasteiger partial charge in [0.25, 0.3) is 0 Å². The number of rotatable bonds is 6. The Morgan fingerprint density at radius 2 is 2.26 bits per heavy atom. The summed E-state index contributed by atoms with van der Waals surface area (Å²) < 4.78 is 5.87. The summed E-state index contributed by atoms with van der Waals surface area (Å²) in [6.45, 7) is 6.27. The van der Waals surface area contributed by atoms with Crippen LogP contribution in [0, 0.1) is 0 Å². The molecule has 1 N–H and O–H groups in total. The molecule has 3 nitrogen and oxygen atoms in total. The standard InChI is InChI=1S/C16H26N2O/c1-14-6-3-4-9-18(14)10-11-19-16-8-5-7-15(12-16)13-17-2/h5,7-8,12,14,17H,3-4,6,9-11,13H2,1-2H3. The highest BCUT2D eigenvalue weighted by atomic mass is 16.5. The van der Waals surface area contributed by atoms with Gasteiger partial charge in [-0.15, -0.1) is 0 Å². The molecule has 0 amide bonds. The lowest BCUT2D eigenvalue weighted by Crippen LogP contribution is -2.39. The fraction of sp³-hybridized carbons (Fsp3) is 0.625. The maximum atomic E-state index is 5.87. The molecule has 106 valence electrons. The summed E-state index contributed by atoms with van der Waals surface area (Å²) in [6, 6.07) is 9.06. The Morgan fingerprint density at radius 1 is 1.37 bits per heavy atom. The molecular weight excluding hydrogens is 236 g/mol. The van der Waals surface area contributed by atoms with Gasteiger partial charge in [0.05, 0.1) is 0 Å². The van der Waals surface area contributed by atoms with E-state index < -0.39 is 0 Å². The van der Waals surface area contributed by atoms with Crippen LogP contribution in [-0.4, -0.2) is 37.7 Å². The average molecular weight is 262 g/mol. The third-order valence-corrected chi connectivity index (χ3v) is 3.87. The zero-order valence-electron chi connectivity index (χ0n) is 12.2. The molecular formula is C16H26N2O. The van der Waals surface area contributed by atoms with Gasteiger partial charge in [-0.3, -0.25) is 4.90 Å². The SMILES string of the molecule is CNCc1cccc(OCCN2CCCCC2C)c1. The number of piperidine rings is 1. The molecule has 3 heteroatoms. The van der Waals surface area contributed by atoms with Crippen LogP contribution < -0.4 is 10.1 Å². The van der Waals surface area contributed by atoms with Gasteiger partial charge in [0.1, 0.15) is 12.4 Å². The minimum absolute atomic E-state index is 0.716.